The van der Waals surface area contributed by atoms with Crippen LogP contribution in [0.5, 0.6) is 0 Å². The van der Waals surface area contributed by atoms with Crippen LogP contribution in [0.15, 0.2) is 4.99 Å². The second-order valence-electron chi connectivity index (χ2n) is 3.82. The summed E-state index contributed by atoms with van der Waals surface area (Å²) >= 11 is 0. The Kier molecular flexibility index (Phi) is 9.75. The van der Waals surface area contributed by atoms with Crippen molar-refractivity contribution in [3.63, 3.8) is 0 Å². The molecule has 9 heteroatoms. The highest BCUT2D eigenvalue weighted by molar-refractivity contribution is 5.79. The molecule has 0 heterocycles. The summed E-state index contributed by atoms with van der Waals surface area (Å²) in [7, 11) is 0. The Hall–Kier alpha value is -2.03. The Morgan fingerprint density at radius 1 is 1.35 bits per heavy atom. The highest BCUT2D eigenvalue weighted by atomic mass is 16.6. The van der Waals surface area contributed by atoms with Crippen molar-refractivity contribution in [1.29, 1.82) is 0 Å². The summed E-state index contributed by atoms with van der Waals surface area (Å²) in [6, 6.07) is -1.04. The number of carbonyl (C=O) groups is 2. The maximum absolute atomic E-state index is 11.3. The van der Waals surface area contributed by atoms with Crippen molar-refractivity contribution >= 4 is 18.0 Å². The number of ether oxygens (including phenoxy) is 2. The Morgan fingerprint density at radius 2 is 2.05 bits per heavy atom. The first-order chi connectivity index (χ1) is 9.47. The van der Waals surface area contributed by atoms with Gasteiger partial charge in [-0.1, -0.05) is 0 Å². The quantitative estimate of drug-likeness (QED) is 0.235. The van der Waals surface area contributed by atoms with Gasteiger partial charge in [-0.25, -0.2) is 9.59 Å². The molecule has 0 bridgehead atoms. The molecule has 1 amide bonds. The Balaban J connectivity index is 3.97. The molecule has 0 spiro atoms. The van der Waals surface area contributed by atoms with E-state index in [0.717, 1.165) is 0 Å². The van der Waals surface area contributed by atoms with E-state index in [-0.39, 0.29) is 25.6 Å². The number of nitrogens with two attached hydrogens (primary N) is 2. The molecule has 9 nitrogen and oxygen atoms in total. The van der Waals surface area contributed by atoms with Crippen molar-refractivity contribution in [3.05, 3.63) is 0 Å². The van der Waals surface area contributed by atoms with E-state index in [4.69, 9.17) is 26.0 Å². The SMILES string of the molecule is CCOCCOC(=O)N[C@H](CCCN=C(N)N)C(=O)O. The number of rotatable bonds is 10. The summed E-state index contributed by atoms with van der Waals surface area (Å²) in [4.78, 5) is 26.0. The molecule has 0 aromatic rings. The van der Waals surface area contributed by atoms with Crippen LogP contribution in [0.25, 0.3) is 0 Å². The van der Waals surface area contributed by atoms with Crippen molar-refractivity contribution in [1.82, 2.24) is 5.32 Å². The fourth-order valence-corrected chi connectivity index (χ4v) is 1.28. The smallest absolute Gasteiger partial charge is 0.407 e. The maximum Gasteiger partial charge on any atom is 0.407 e. The van der Waals surface area contributed by atoms with Gasteiger partial charge >= 0.3 is 12.1 Å². The lowest BCUT2D eigenvalue weighted by atomic mass is 10.1. The van der Waals surface area contributed by atoms with Gasteiger partial charge in [0.2, 0.25) is 0 Å². The summed E-state index contributed by atoms with van der Waals surface area (Å²) in [6.07, 6.45) is -0.167. The van der Waals surface area contributed by atoms with E-state index in [2.05, 4.69) is 10.3 Å². The number of aliphatic carboxylic acids is 1. The number of nitrogens with one attached hydrogen (secondary N) is 1. The summed E-state index contributed by atoms with van der Waals surface area (Å²) < 4.78 is 9.74. The van der Waals surface area contributed by atoms with Gasteiger partial charge in [0, 0.05) is 13.2 Å². The van der Waals surface area contributed by atoms with E-state index in [1.165, 1.54) is 0 Å². The molecule has 0 radical (unpaired) electrons. The van der Waals surface area contributed by atoms with Crippen molar-refractivity contribution in [2.75, 3.05) is 26.4 Å². The van der Waals surface area contributed by atoms with Crippen LogP contribution in [0.2, 0.25) is 0 Å². The monoisotopic (exact) mass is 290 g/mol. The molecule has 0 aliphatic rings. The van der Waals surface area contributed by atoms with E-state index in [1.54, 1.807) is 0 Å². The summed E-state index contributed by atoms with van der Waals surface area (Å²) in [5.74, 6) is -1.20. The lowest BCUT2D eigenvalue weighted by Gasteiger charge is -2.14. The molecule has 116 valence electrons. The van der Waals surface area contributed by atoms with Crippen molar-refractivity contribution in [2.24, 2.45) is 16.5 Å². The molecule has 1 atom stereocenters. The normalized spacial score (nSPS) is 11.4. The third kappa shape index (κ3) is 9.95. The van der Waals surface area contributed by atoms with E-state index in [1.807, 2.05) is 6.92 Å². The molecule has 0 saturated carbocycles. The zero-order valence-corrected chi connectivity index (χ0v) is 11.5. The first kappa shape index (κ1) is 18.0. The topological polar surface area (TPSA) is 149 Å². The van der Waals surface area contributed by atoms with Crippen LogP contribution >= 0.6 is 0 Å². The van der Waals surface area contributed by atoms with Crippen LogP contribution in [0.1, 0.15) is 19.8 Å². The number of carboxylic acid groups (broad SMARTS) is 1. The lowest BCUT2D eigenvalue weighted by Crippen LogP contribution is -2.41. The molecule has 6 N–H and O–H groups in total. The summed E-state index contributed by atoms with van der Waals surface area (Å²) in [5.41, 5.74) is 10.3. The minimum atomic E-state index is -1.14. The van der Waals surface area contributed by atoms with E-state index in [9.17, 15) is 9.59 Å². The number of hydrogen-bond acceptors (Lipinski definition) is 5. The van der Waals surface area contributed by atoms with Gasteiger partial charge in [0.15, 0.2) is 5.96 Å². The fraction of sp³-hybridized carbons (Fsp3) is 0.727. The van der Waals surface area contributed by atoms with Gasteiger partial charge in [-0.15, -0.1) is 0 Å². The predicted octanol–water partition coefficient (Wildman–Crippen LogP) is -0.744. The average Bonchev–Trinajstić information content (AvgIpc) is 2.37. The molecular formula is C11H22N4O5. The largest absolute Gasteiger partial charge is 0.480 e. The Bertz CT molecular complexity index is 331. The third-order valence-corrected chi connectivity index (χ3v) is 2.20. The highest BCUT2D eigenvalue weighted by Gasteiger charge is 2.19. The first-order valence-electron chi connectivity index (χ1n) is 6.26. The number of hydrogen-bond donors (Lipinski definition) is 4. The number of carboxylic acids is 1. The summed E-state index contributed by atoms with van der Waals surface area (Å²) in [5, 5.41) is 11.2. The van der Waals surface area contributed by atoms with Gasteiger partial charge in [-0.2, -0.15) is 0 Å². The number of amides is 1. The van der Waals surface area contributed by atoms with Crippen LogP contribution in [0.4, 0.5) is 4.79 Å². The van der Waals surface area contributed by atoms with Crippen LogP contribution in [0.3, 0.4) is 0 Å². The summed E-state index contributed by atoms with van der Waals surface area (Å²) in [6.45, 7) is 2.98. The molecule has 0 fully saturated rings. The molecule has 0 unspecified atom stereocenters. The maximum atomic E-state index is 11.3. The number of aliphatic imine (C=N–C) groups is 1. The second-order valence-corrected chi connectivity index (χ2v) is 3.82. The number of guanidine groups is 1. The van der Waals surface area contributed by atoms with Gasteiger partial charge in [-0.3, -0.25) is 4.99 Å². The van der Waals surface area contributed by atoms with Gasteiger partial charge in [0.1, 0.15) is 12.6 Å². The Labute approximate surface area is 117 Å². The van der Waals surface area contributed by atoms with Crippen LogP contribution in [-0.4, -0.2) is 55.5 Å². The standard InChI is InChI=1S/C11H22N4O5/c1-2-19-6-7-20-11(18)15-8(9(16)17)4-3-5-14-10(12)13/h8H,2-7H2,1H3,(H,15,18)(H,16,17)(H4,12,13,14)/t8-/m1/s1. The van der Waals surface area contributed by atoms with Crippen LogP contribution in [-0.2, 0) is 14.3 Å². The van der Waals surface area contributed by atoms with Gasteiger partial charge in [-0.05, 0) is 19.8 Å². The second kappa shape index (κ2) is 10.9. The minimum Gasteiger partial charge on any atom is -0.480 e. The Morgan fingerprint density at radius 3 is 2.60 bits per heavy atom. The third-order valence-electron chi connectivity index (χ3n) is 2.20. The first-order valence-corrected chi connectivity index (χ1v) is 6.26. The number of carbonyl (C=O) groups excluding carboxylic acids is 1. The predicted molar refractivity (Wildman–Crippen MR) is 72.3 cm³/mol. The van der Waals surface area contributed by atoms with Crippen molar-refractivity contribution in [2.45, 2.75) is 25.8 Å². The molecule has 0 aromatic carbocycles. The highest BCUT2D eigenvalue weighted by Crippen LogP contribution is 1.99. The minimum absolute atomic E-state index is 0.0554. The van der Waals surface area contributed by atoms with E-state index >= 15 is 0 Å². The van der Waals surface area contributed by atoms with Crippen molar-refractivity contribution in [3.8, 4) is 0 Å². The lowest BCUT2D eigenvalue weighted by molar-refractivity contribution is -0.139. The van der Waals surface area contributed by atoms with Crippen LogP contribution in [0, 0.1) is 0 Å². The number of alkyl carbamates (subject to hydrolysis) is 1. The molecule has 20 heavy (non-hydrogen) atoms. The fourth-order valence-electron chi connectivity index (χ4n) is 1.28. The van der Waals surface area contributed by atoms with Crippen LogP contribution < -0.4 is 16.8 Å². The van der Waals surface area contributed by atoms with E-state index in [0.29, 0.717) is 19.6 Å². The van der Waals surface area contributed by atoms with Gasteiger partial charge in [0.05, 0.1) is 6.61 Å². The molecule has 0 aliphatic carbocycles. The van der Waals surface area contributed by atoms with Gasteiger partial charge in [0.25, 0.3) is 0 Å². The van der Waals surface area contributed by atoms with Gasteiger partial charge < -0.3 is 31.4 Å². The van der Waals surface area contributed by atoms with Crippen molar-refractivity contribution < 1.29 is 24.2 Å². The van der Waals surface area contributed by atoms with E-state index < -0.39 is 18.1 Å². The zero-order chi connectivity index (χ0) is 15.4. The average molecular weight is 290 g/mol. The molecular weight excluding hydrogens is 268 g/mol. The zero-order valence-electron chi connectivity index (χ0n) is 11.5. The number of nitrogens with zero attached hydrogens (tertiary/aromatic N) is 1. The molecule has 0 aliphatic heterocycles. The molecule has 0 rings (SSSR count). The molecule has 0 saturated heterocycles. The molecule has 0 aromatic heterocycles.